The lowest BCUT2D eigenvalue weighted by atomic mass is 10.1. The van der Waals surface area contributed by atoms with Crippen molar-refractivity contribution in [2.24, 2.45) is 4.40 Å². The van der Waals surface area contributed by atoms with Crippen LogP contribution >= 0.6 is 15.9 Å². The van der Waals surface area contributed by atoms with Gasteiger partial charge in [-0.05, 0) is 52.0 Å². The van der Waals surface area contributed by atoms with Gasteiger partial charge in [-0.3, -0.25) is 0 Å². The molecule has 2 aromatic rings. The van der Waals surface area contributed by atoms with Crippen molar-refractivity contribution in [3.05, 3.63) is 51.5 Å². The maximum atomic E-state index is 14.7. The topological polar surface area (TPSA) is 90.6 Å². The monoisotopic (exact) mass is 492 g/mol. The molecule has 154 valence electrons. The van der Waals surface area contributed by atoms with Crippen LogP contribution in [0.1, 0.15) is 37.7 Å². The zero-order valence-electron chi connectivity index (χ0n) is 16.4. The van der Waals surface area contributed by atoms with Gasteiger partial charge in [0.2, 0.25) is 0 Å². The first-order chi connectivity index (χ1) is 12.7. The van der Waals surface area contributed by atoms with Crippen LogP contribution in [0.15, 0.2) is 33.1 Å². The number of nitrogens with zero attached hydrogens (tertiary/aromatic N) is 4. The lowest BCUT2D eigenvalue weighted by Crippen LogP contribution is -2.33. The minimum Gasteiger partial charge on any atom is -0.591 e. The summed E-state index contributed by atoms with van der Waals surface area (Å²) in [5.41, 5.74) is 0.381. The Hall–Kier alpha value is -1.27. The summed E-state index contributed by atoms with van der Waals surface area (Å²) in [7, 11) is -1.29. The molecule has 0 aliphatic carbocycles. The summed E-state index contributed by atoms with van der Waals surface area (Å²) in [6.07, 6.45) is 0. The van der Waals surface area contributed by atoms with Gasteiger partial charge in [0.1, 0.15) is 27.6 Å². The molecule has 2 rings (SSSR count). The standard InChI is InChI=1S/C17H22BrFN4O3S2/c1-11-9-15(23(20-11)28(25,26)22(5)6)16(21-27(24)17(2,3)4)13-10-12(18)7-8-14(13)19/h7-10H,1-6H3/b21-16+. The average Bonchev–Trinajstić information content (AvgIpc) is 2.96. The van der Waals surface area contributed by atoms with Crippen LogP contribution < -0.4 is 0 Å². The highest BCUT2D eigenvalue weighted by atomic mass is 79.9. The van der Waals surface area contributed by atoms with Gasteiger partial charge in [0, 0.05) is 24.1 Å². The van der Waals surface area contributed by atoms with Crippen LogP contribution in [0.25, 0.3) is 0 Å². The van der Waals surface area contributed by atoms with E-state index in [9.17, 15) is 17.4 Å². The molecule has 0 aliphatic heterocycles. The van der Waals surface area contributed by atoms with Crippen molar-refractivity contribution < 1.29 is 17.4 Å². The molecule has 0 saturated carbocycles. The summed E-state index contributed by atoms with van der Waals surface area (Å²) in [6.45, 7) is 6.78. The fourth-order valence-electron chi connectivity index (χ4n) is 2.10. The van der Waals surface area contributed by atoms with Gasteiger partial charge in [-0.15, -0.1) is 4.09 Å². The van der Waals surface area contributed by atoms with Crippen LogP contribution in [0.5, 0.6) is 0 Å². The minimum absolute atomic E-state index is 0.0158. The number of hydrogen-bond acceptors (Lipinski definition) is 5. The lowest BCUT2D eigenvalue weighted by Gasteiger charge is -2.20. The van der Waals surface area contributed by atoms with Gasteiger partial charge in [-0.1, -0.05) is 20.3 Å². The van der Waals surface area contributed by atoms with Gasteiger partial charge in [-0.25, -0.2) is 4.39 Å². The Morgan fingerprint density at radius 1 is 1.32 bits per heavy atom. The Morgan fingerprint density at radius 3 is 2.46 bits per heavy atom. The Bertz CT molecular complexity index is 1010. The average molecular weight is 493 g/mol. The molecule has 0 saturated heterocycles. The number of aryl methyl sites for hydroxylation is 1. The second kappa shape index (κ2) is 8.23. The molecule has 1 aromatic heterocycles. The first-order valence-electron chi connectivity index (χ1n) is 8.21. The van der Waals surface area contributed by atoms with Gasteiger partial charge in [-0.2, -0.15) is 17.8 Å². The van der Waals surface area contributed by atoms with Gasteiger partial charge >= 0.3 is 10.2 Å². The molecule has 7 nitrogen and oxygen atoms in total. The lowest BCUT2D eigenvalue weighted by molar-refractivity contribution is 0.503. The van der Waals surface area contributed by atoms with Crippen molar-refractivity contribution in [1.29, 1.82) is 0 Å². The van der Waals surface area contributed by atoms with E-state index < -0.39 is 32.1 Å². The first kappa shape index (κ1) is 23.0. The van der Waals surface area contributed by atoms with E-state index >= 15 is 0 Å². The van der Waals surface area contributed by atoms with E-state index in [1.165, 1.54) is 38.4 Å². The highest BCUT2D eigenvalue weighted by molar-refractivity contribution is 9.10. The summed E-state index contributed by atoms with van der Waals surface area (Å²) in [6, 6.07) is 5.67. The number of hydrogen-bond donors (Lipinski definition) is 0. The molecule has 1 unspecified atom stereocenters. The highest BCUT2D eigenvalue weighted by Gasteiger charge is 2.32. The Kier molecular flexibility index (Phi) is 6.76. The van der Waals surface area contributed by atoms with Gasteiger partial charge in [0.25, 0.3) is 0 Å². The number of rotatable bonds is 5. The Labute approximate surface area is 176 Å². The quantitative estimate of drug-likeness (QED) is 0.473. The maximum Gasteiger partial charge on any atom is 0.323 e. The van der Waals surface area contributed by atoms with Gasteiger partial charge in [0.15, 0.2) is 5.71 Å². The molecule has 0 aliphatic rings. The Balaban J connectivity index is 2.86. The molecule has 0 radical (unpaired) electrons. The normalized spacial score (nSPS) is 14.6. The van der Waals surface area contributed by atoms with Crippen LogP contribution in [0.4, 0.5) is 4.39 Å². The highest BCUT2D eigenvalue weighted by Crippen LogP contribution is 2.25. The molecule has 28 heavy (non-hydrogen) atoms. The van der Waals surface area contributed by atoms with Crippen LogP contribution in [-0.2, 0) is 21.6 Å². The van der Waals surface area contributed by atoms with Crippen molar-refractivity contribution in [1.82, 2.24) is 13.5 Å². The summed E-state index contributed by atoms with van der Waals surface area (Å²) in [5, 5.41) is 4.04. The third kappa shape index (κ3) is 4.82. The molecule has 1 heterocycles. The minimum atomic E-state index is -4.01. The molecule has 0 spiro atoms. The zero-order chi connectivity index (χ0) is 21.4. The summed E-state index contributed by atoms with van der Waals surface area (Å²) >= 11 is 1.52. The summed E-state index contributed by atoms with van der Waals surface area (Å²) in [5.74, 6) is -0.625. The van der Waals surface area contributed by atoms with Crippen LogP contribution in [-0.4, -0.2) is 51.0 Å². The predicted octanol–water partition coefficient (Wildman–Crippen LogP) is 3.05. The molecular weight excluding hydrogens is 471 g/mol. The van der Waals surface area contributed by atoms with E-state index in [4.69, 9.17) is 0 Å². The number of benzene rings is 1. The van der Waals surface area contributed by atoms with Crippen LogP contribution in [0.2, 0.25) is 0 Å². The van der Waals surface area contributed by atoms with E-state index in [0.29, 0.717) is 10.2 Å². The molecule has 0 bridgehead atoms. The van der Waals surface area contributed by atoms with E-state index in [1.807, 2.05) is 0 Å². The molecule has 0 fully saturated rings. The van der Waals surface area contributed by atoms with Gasteiger partial charge in [0.05, 0.1) is 5.69 Å². The Morgan fingerprint density at radius 2 is 1.93 bits per heavy atom. The van der Waals surface area contributed by atoms with E-state index in [1.54, 1.807) is 27.7 Å². The van der Waals surface area contributed by atoms with Crippen molar-refractivity contribution in [2.45, 2.75) is 32.4 Å². The van der Waals surface area contributed by atoms with E-state index in [0.717, 1.165) is 8.39 Å². The SMILES string of the molecule is Cc1cc(/C(=N/[S+]([O-])C(C)(C)C)c2cc(Br)ccc2F)n(S(=O)(=O)N(C)C)n1. The molecular formula is C17H22BrFN4O3S2. The largest absolute Gasteiger partial charge is 0.591 e. The fraction of sp³-hybridized carbons (Fsp3) is 0.412. The number of halogens is 2. The second-order valence-electron chi connectivity index (χ2n) is 7.23. The zero-order valence-corrected chi connectivity index (χ0v) is 19.6. The van der Waals surface area contributed by atoms with Crippen LogP contribution in [0.3, 0.4) is 0 Å². The number of aromatic nitrogens is 2. The predicted molar refractivity (Wildman–Crippen MR) is 113 cm³/mol. The van der Waals surface area contributed by atoms with Crippen molar-refractivity contribution >= 4 is 43.2 Å². The molecule has 0 amide bonds. The van der Waals surface area contributed by atoms with Gasteiger partial charge < -0.3 is 4.55 Å². The third-order valence-corrected chi connectivity index (χ3v) is 7.13. The van der Waals surface area contributed by atoms with Crippen molar-refractivity contribution in [3.8, 4) is 0 Å². The summed E-state index contributed by atoms with van der Waals surface area (Å²) in [4.78, 5) is 0. The second-order valence-corrected chi connectivity index (χ2v) is 12.0. The molecule has 1 aromatic carbocycles. The third-order valence-electron chi connectivity index (χ3n) is 3.60. The van der Waals surface area contributed by atoms with Crippen molar-refractivity contribution in [2.75, 3.05) is 14.1 Å². The first-order valence-corrected chi connectivity index (χ1v) is 11.5. The van der Waals surface area contributed by atoms with E-state index in [2.05, 4.69) is 25.4 Å². The molecule has 11 heteroatoms. The van der Waals surface area contributed by atoms with Crippen molar-refractivity contribution in [3.63, 3.8) is 0 Å². The fourth-order valence-corrected chi connectivity index (χ4v) is 4.02. The van der Waals surface area contributed by atoms with Crippen LogP contribution in [0, 0.1) is 12.7 Å². The molecule has 0 N–H and O–H groups in total. The smallest absolute Gasteiger partial charge is 0.323 e. The molecule has 1 atom stereocenters. The summed E-state index contributed by atoms with van der Waals surface area (Å²) < 4.78 is 58.7. The van der Waals surface area contributed by atoms with E-state index in [-0.39, 0.29) is 17.0 Å². The maximum absolute atomic E-state index is 14.7.